The van der Waals surface area contributed by atoms with E-state index in [-0.39, 0.29) is 0 Å². The largest absolute Gasteiger partial charge is 0.480 e. The Hall–Kier alpha value is -0.910. The first-order chi connectivity index (χ1) is 10.3. The van der Waals surface area contributed by atoms with Crippen LogP contribution in [0.2, 0.25) is 0 Å². The number of carboxylic acids is 1. The molecule has 4 nitrogen and oxygen atoms in total. The molecule has 3 aliphatic rings. The molecule has 21 heavy (non-hydrogen) atoms. The van der Waals surface area contributed by atoms with Crippen molar-refractivity contribution in [2.24, 2.45) is 0 Å². The number of carboxylic acid groups (broad SMARTS) is 1. The van der Waals surface area contributed by atoms with E-state index in [2.05, 4.69) is 9.80 Å². The van der Waals surface area contributed by atoms with E-state index < -0.39 is 12.0 Å². The predicted octanol–water partition coefficient (Wildman–Crippen LogP) is 2.36. The lowest BCUT2D eigenvalue weighted by molar-refractivity contribution is -0.145. The molecule has 0 aromatic carbocycles. The number of aliphatic carboxylic acids is 1. The van der Waals surface area contributed by atoms with Crippen LogP contribution in [-0.4, -0.2) is 52.6 Å². The van der Waals surface area contributed by atoms with Crippen molar-refractivity contribution in [1.82, 2.24) is 9.80 Å². The molecule has 0 spiro atoms. The van der Waals surface area contributed by atoms with Crippen LogP contribution in [0.4, 0.5) is 0 Å². The maximum Gasteiger partial charge on any atom is 0.325 e. The van der Waals surface area contributed by atoms with Crippen LogP contribution < -0.4 is 0 Å². The van der Waals surface area contributed by atoms with Gasteiger partial charge in [-0.3, -0.25) is 14.6 Å². The summed E-state index contributed by atoms with van der Waals surface area (Å²) in [7, 11) is 0. The van der Waals surface area contributed by atoms with Gasteiger partial charge >= 0.3 is 5.97 Å². The third-order valence-corrected chi connectivity index (χ3v) is 6.48. The quantitative estimate of drug-likeness (QED) is 0.911. The minimum Gasteiger partial charge on any atom is -0.480 e. The molecular formula is C16H22N2O2S. The maximum absolute atomic E-state index is 11.9. The molecule has 3 atom stereocenters. The zero-order valence-electron chi connectivity index (χ0n) is 12.2. The van der Waals surface area contributed by atoms with Crippen LogP contribution in [0.5, 0.6) is 0 Å². The van der Waals surface area contributed by atoms with E-state index in [1.165, 1.54) is 30.7 Å². The van der Waals surface area contributed by atoms with Crippen molar-refractivity contribution in [3.63, 3.8) is 0 Å². The molecule has 5 heteroatoms. The molecule has 114 valence electrons. The van der Waals surface area contributed by atoms with E-state index in [4.69, 9.17) is 0 Å². The van der Waals surface area contributed by atoms with Gasteiger partial charge in [-0.25, -0.2) is 0 Å². The van der Waals surface area contributed by atoms with Crippen LogP contribution >= 0.6 is 11.3 Å². The molecule has 1 aromatic rings. The molecule has 0 aliphatic carbocycles. The second-order valence-corrected chi connectivity index (χ2v) is 7.48. The molecule has 1 aromatic heterocycles. The van der Waals surface area contributed by atoms with E-state index >= 15 is 0 Å². The lowest BCUT2D eigenvalue weighted by atomic mass is 9.92. The van der Waals surface area contributed by atoms with Crippen molar-refractivity contribution in [3.05, 3.63) is 21.9 Å². The fraction of sp³-hybridized carbons (Fsp3) is 0.688. The van der Waals surface area contributed by atoms with E-state index in [0.717, 1.165) is 31.5 Å². The van der Waals surface area contributed by atoms with Crippen LogP contribution in [0.3, 0.4) is 0 Å². The van der Waals surface area contributed by atoms with Crippen molar-refractivity contribution >= 4 is 17.3 Å². The number of piperidine rings is 1. The summed E-state index contributed by atoms with van der Waals surface area (Å²) in [6, 6.07) is 2.62. The molecule has 0 radical (unpaired) electrons. The average molecular weight is 306 g/mol. The second kappa shape index (κ2) is 5.38. The lowest BCUT2D eigenvalue weighted by Gasteiger charge is -2.42. The summed E-state index contributed by atoms with van der Waals surface area (Å²) in [5.74, 6) is -0.677. The number of nitrogens with zero attached hydrogens (tertiary/aromatic N) is 2. The molecule has 2 saturated heterocycles. The SMILES string of the molecule is O=C(O)C1c2ccsc2CCN1C1CCN2CCCCC12. The Morgan fingerprint density at radius 2 is 2.10 bits per heavy atom. The van der Waals surface area contributed by atoms with Gasteiger partial charge in [0, 0.05) is 30.1 Å². The number of hydrogen-bond acceptors (Lipinski definition) is 4. The van der Waals surface area contributed by atoms with Gasteiger partial charge in [-0.1, -0.05) is 6.42 Å². The normalized spacial score (nSPS) is 33.6. The highest BCUT2D eigenvalue weighted by Gasteiger charge is 2.44. The Balaban J connectivity index is 1.64. The van der Waals surface area contributed by atoms with E-state index in [0.29, 0.717) is 12.1 Å². The second-order valence-electron chi connectivity index (χ2n) is 6.48. The van der Waals surface area contributed by atoms with Gasteiger partial charge in [0.05, 0.1) is 0 Å². The van der Waals surface area contributed by atoms with E-state index in [9.17, 15) is 9.90 Å². The molecule has 0 amide bonds. The number of rotatable bonds is 2. The summed E-state index contributed by atoms with van der Waals surface area (Å²) in [5.41, 5.74) is 1.05. The van der Waals surface area contributed by atoms with Crippen molar-refractivity contribution in [3.8, 4) is 0 Å². The van der Waals surface area contributed by atoms with Crippen LogP contribution in [0, 0.1) is 0 Å². The first-order valence-corrected chi connectivity index (χ1v) is 8.92. The molecule has 4 rings (SSSR count). The molecule has 0 bridgehead atoms. The van der Waals surface area contributed by atoms with Crippen molar-refractivity contribution in [1.29, 1.82) is 0 Å². The summed E-state index contributed by atoms with van der Waals surface area (Å²) in [6.07, 6.45) is 5.99. The molecule has 4 heterocycles. The molecule has 3 unspecified atom stereocenters. The van der Waals surface area contributed by atoms with Crippen LogP contribution in [-0.2, 0) is 11.2 Å². The summed E-state index contributed by atoms with van der Waals surface area (Å²) in [6.45, 7) is 3.25. The maximum atomic E-state index is 11.9. The van der Waals surface area contributed by atoms with E-state index in [1.54, 1.807) is 11.3 Å². The van der Waals surface area contributed by atoms with Gasteiger partial charge in [-0.15, -0.1) is 11.3 Å². The zero-order valence-corrected chi connectivity index (χ0v) is 13.0. The Kier molecular flexibility index (Phi) is 3.52. The standard InChI is InChI=1S/C16H22N2O2S/c19-16(20)15-11-6-10-21-14(11)5-9-18(15)13-4-8-17-7-2-1-3-12(13)17/h6,10,12-13,15H,1-5,7-9H2,(H,19,20). The Morgan fingerprint density at radius 1 is 1.19 bits per heavy atom. The molecular weight excluding hydrogens is 284 g/mol. The van der Waals surface area contributed by atoms with Gasteiger partial charge < -0.3 is 5.11 Å². The summed E-state index contributed by atoms with van der Waals surface area (Å²) in [4.78, 5) is 18.1. The van der Waals surface area contributed by atoms with Gasteiger partial charge in [0.2, 0.25) is 0 Å². The molecule has 1 N–H and O–H groups in total. The van der Waals surface area contributed by atoms with Gasteiger partial charge in [0.1, 0.15) is 6.04 Å². The Labute approximate surface area is 129 Å². The fourth-order valence-corrected chi connectivity index (χ4v) is 5.48. The van der Waals surface area contributed by atoms with Crippen molar-refractivity contribution < 1.29 is 9.90 Å². The third kappa shape index (κ3) is 2.22. The number of fused-ring (bicyclic) bond motifs is 2. The van der Waals surface area contributed by atoms with Crippen LogP contribution in [0.25, 0.3) is 0 Å². The van der Waals surface area contributed by atoms with Gasteiger partial charge in [-0.05, 0) is 49.2 Å². The highest BCUT2D eigenvalue weighted by molar-refractivity contribution is 7.10. The highest BCUT2D eigenvalue weighted by Crippen LogP contribution is 2.39. The number of hydrogen-bond donors (Lipinski definition) is 1. The van der Waals surface area contributed by atoms with Gasteiger partial charge in [-0.2, -0.15) is 0 Å². The highest BCUT2D eigenvalue weighted by atomic mass is 32.1. The third-order valence-electron chi connectivity index (χ3n) is 5.48. The smallest absolute Gasteiger partial charge is 0.325 e. The zero-order chi connectivity index (χ0) is 14.4. The minimum absolute atomic E-state index is 0.424. The van der Waals surface area contributed by atoms with E-state index in [1.807, 2.05) is 11.4 Å². The van der Waals surface area contributed by atoms with Crippen molar-refractivity contribution in [2.45, 2.75) is 50.2 Å². The summed E-state index contributed by atoms with van der Waals surface area (Å²) < 4.78 is 0. The summed E-state index contributed by atoms with van der Waals surface area (Å²) >= 11 is 1.71. The monoisotopic (exact) mass is 306 g/mol. The van der Waals surface area contributed by atoms with Crippen LogP contribution in [0.15, 0.2) is 11.4 Å². The molecule has 2 fully saturated rings. The van der Waals surface area contributed by atoms with Crippen LogP contribution in [0.1, 0.15) is 42.2 Å². The first kappa shape index (κ1) is 13.7. The number of carbonyl (C=O) groups is 1. The topological polar surface area (TPSA) is 43.8 Å². The average Bonchev–Trinajstić information content (AvgIpc) is 3.12. The lowest BCUT2D eigenvalue weighted by Crippen LogP contribution is -2.51. The summed E-state index contributed by atoms with van der Waals surface area (Å²) in [5, 5.41) is 11.8. The van der Waals surface area contributed by atoms with Gasteiger partial charge in [0.25, 0.3) is 0 Å². The predicted molar refractivity (Wildman–Crippen MR) is 82.7 cm³/mol. The van der Waals surface area contributed by atoms with Gasteiger partial charge in [0.15, 0.2) is 0 Å². The fourth-order valence-electron chi connectivity index (χ4n) is 4.58. The number of thiophene rings is 1. The molecule has 0 saturated carbocycles. The minimum atomic E-state index is -0.677. The Bertz CT molecular complexity index is 544. The first-order valence-electron chi connectivity index (χ1n) is 8.04. The molecule has 3 aliphatic heterocycles. The van der Waals surface area contributed by atoms with Crippen molar-refractivity contribution in [2.75, 3.05) is 19.6 Å². The Morgan fingerprint density at radius 3 is 2.95 bits per heavy atom.